The summed E-state index contributed by atoms with van der Waals surface area (Å²) in [4.78, 5) is 32.0. The third-order valence-corrected chi connectivity index (χ3v) is 5.63. The van der Waals surface area contributed by atoms with Gasteiger partial charge in [-0.05, 0) is 44.0 Å². The number of amides is 1. The van der Waals surface area contributed by atoms with E-state index in [1.807, 2.05) is 0 Å². The summed E-state index contributed by atoms with van der Waals surface area (Å²) in [5.41, 5.74) is -1.44. The first-order valence-electron chi connectivity index (χ1n) is 10.1. The topological polar surface area (TPSA) is 89.8 Å². The Bertz CT molecular complexity index is 1180. The van der Waals surface area contributed by atoms with Crippen LogP contribution in [0, 0.1) is 6.92 Å². The van der Waals surface area contributed by atoms with E-state index in [0.717, 1.165) is 6.07 Å². The number of hydrogen-bond acceptors (Lipinski definition) is 5. The molecule has 0 aromatic carbocycles. The minimum absolute atomic E-state index is 0.0366. The summed E-state index contributed by atoms with van der Waals surface area (Å²) in [6.45, 7) is 1.58. The molecule has 3 aromatic rings. The van der Waals surface area contributed by atoms with Crippen LogP contribution in [0.2, 0.25) is 0 Å². The lowest BCUT2D eigenvalue weighted by atomic mass is 9.83. The molecule has 0 radical (unpaired) electrons. The Labute approximate surface area is 185 Å². The quantitative estimate of drug-likeness (QED) is 0.576. The highest BCUT2D eigenvalue weighted by Gasteiger charge is 2.37. The second-order valence-corrected chi connectivity index (χ2v) is 7.85. The number of nitrogens with one attached hydrogen (secondary N) is 1. The van der Waals surface area contributed by atoms with Gasteiger partial charge in [-0.1, -0.05) is 0 Å². The number of ketones is 1. The summed E-state index contributed by atoms with van der Waals surface area (Å²) >= 11 is 0. The standard InChI is InChI=1S/C22H19F4N5O2/c1-13-17(12-29-31(13)19-5-2-14(10-28-19)22(24,25)26)20(33)30-15-3-4-18(27-11-15)21(23)8-6-16(32)7-9-21/h2-5,10-12H,6-9H2,1H3,(H,30,33). The van der Waals surface area contributed by atoms with E-state index in [9.17, 15) is 22.8 Å². The molecule has 1 aliphatic carbocycles. The first-order chi connectivity index (χ1) is 15.6. The molecule has 172 valence electrons. The van der Waals surface area contributed by atoms with Crippen molar-refractivity contribution >= 4 is 17.4 Å². The van der Waals surface area contributed by atoms with Crippen LogP contribution in [0.15, 0.2) is 42.9 Å². The third kappa shape index (κ3) is 4.62. The van der Waals surface area contributed by atoms with E-state index in [-0.39, 0.29) is 48.5 Å². The van der Waals surface area contributed by atoms with Crippen LogP contribution in [0.3, 0.4) is 0 Å². The lowest BCUT2D eigenvalue weighted by molar-refractivity contribution is -0.137. The zero-order chi connectivity index (χ0) is 23.8. The zero-order valence-corrected chi connectivity index (χ0v) is 17.5. The molecule has 1 fully saturated rings. The predicted molar refractivity (Wildman–Crippen MR) is 110 cm³/mol. The zero-order valence-electron chi connectivity index (χ0n) is 17.5. The number of aromatic nitrogens is 4. The fourth-order valence-corrected chi connectivity index (χ4v) is 3.66. The van der Waals surface area contributed by atoms with E-state index in [1.165, 1.54) is 35.3 Å². The Morgan fingerprint density at radius 3 is 2.36 bits per heavy atom. The summed E-state index contributed by atoms with van der Waals surface area (Å²) in [7, 11) is 0. The highest BCUT2D eigenvalue weighted by atomic mass is 19.4. The Morgan fingerprint density at radius 1 is 1.06 bits per heavy atom. The van der Waals surface area contributed by atoms with Crippen LogP contribution in [-0.2, 0) is 16.6 Å². The molecule has 3 heterocycles. The van der Waals surface area contributed by atoms with Gasteiger partial charge in [0.25, 0.3) is 5.91 Å². The first-order valence-corrected chi connectivity index (χ1v) is 10.1. The van der Waals surface area contributed by atoms with Crippen molar-refractivity contribution in [3.05, 3.63) is 65.4 Å². The van der Waals surface area contributed by atoms with Crippen molar-refractivity contribution in [3.8, 4) is 5.82 Å². The highest BCUT2D eigenvalue weighted by molar-refractivity contribution is 6.04. The number of carbonyl (C=O) groups is 2. The van der Waals surface area contributed by atoms with Gasteiger partial charge in [-0.25, -0.2) is 14.1 Å². The van der Waals surface area contributed by atoms with E-state index >= 15 is 4.39 Å². The monoisotopic (exact) mass is 461 g/mol. The van der Waals surface area contributed by atoms with E-state index in [2.05, 4.69) is 20.4 Å². The molecule has 0 saturated heterocycles. The number of alkyl halides is 4. The van der Waals surface area contributed by atoms with Gasteiger partial charge in [-0.15, -0.1) is 0 Å². The Morgan fingerprint density at radius 2 is 1.79 bits per heavy atom. The summed E-state index contributed by atoms with van der Waals surface area (Å²) in [6, 6.07) is 5.05. The number of halogens is 4. The normalized spacial score (nSPS) is 16.0. The van der Waals surface area contributed by atoms with Gasteiger partial charge in [0.1, 0.15) is 5.78 Å². The third-order valence-electron chi connectivity index (χ3n) is 5.63. The summed E-state index contributed by atoms with van der Waals surface area (Å²) in [5.74, 6) is -0.349. The molecule has 7 nitrogen and oxygen atoms in total. The van der Waals surface area contributed by atoms with Crippen molar-refractivity contribution in [2.45, 2.75) is 44.5 Å². The summed E-state index contributed by atoms with van der Waals surface area (Å²) in [5, 5.41) is 6.69. The van der Waals surface area contributed by atoms with Crippen molar-refractivity contribution in [2.24, 2.45) is 0 Å². The van der Waals surface area contributed by atoms with Gasteiger partial charge in [0, 0.05) is 19.0 Å². The molecule has 0 bridgehead atoms. The minimum atomic E-state index is -4.50. The Balaban J connectivity index is 1.47. The average Bonchev–Trinajstić information content (AvgIpc) is 3.17. The van der Waals surface area contributed by atoms with Crippen LogP contribution in [0.25, 0.3) is 5.82 Å². The average molecular weight is 461 g/mol. The molecule has 4 rings (SSSR count). The SMILES string of the molecule is Cc1c(C(=O)Nc2ccc(C3(F)CCC(=O)CC3)nc2)cnn1-c1ccc(C(F)(F)F)cn1. The molecule has 33 heavy (non-hydrogen) atoms. The van der Waals surface area contributed by atoms with Crippen LogP contribution in [0.5, 0.6) is 0 Å². The van der Waals surface area contributed by atoms with Gasteiger partial charge in [-0.3, -0.25) is 14.6 Å². The molecule has 1 aliphatic rings. The van der Waals surface area contributed by atoms with Crippen molar-refractivity contribution in [1.29, 1.82) is 0 Å². The number of carbonyl (C=O) groups excluding carboxylic acids is 2. The fraction of sp³-hybridized carbons (Fsp3) is 0.318. The molecule has 0 unspecified atom stereocenters. The highest BCUT2D eigenvalue weighted by Crippen LogP contribution is 2.38. The maximum Gasteiger partial charge on any atom is 0.417 e. The lowest BCUT2D eigenvalue weighted by Gasteiger charge is -2.28. The molecule has 0 spiro atoms. The number of nitrogens with zero attached hydrogens (tertiary/aromatic N) is 4. The van der Waals surface area contributed by atoms with Gasteiger partial charge in [0.2, 0.25) is 0 Å². The van der Waals surface area contributed by atoms with E-state index in [0.29, 0.717) is 17.6 Å². The number of pyridine rings is 2. The van der Waals surface area contributed by atoms with E-state index < -0.39 is 23.3 Å². The molecular formula is C22H19F4N5O2. The van der Waals surface area contributed by atoms with E-state index in [1.54, 1.807) is 6.92 Å². The first kappa shape index (κ1) is 22.6. The Hall–Kier alpha value is -3.63. The van der Waals surface area contributed by atoms with Gasteiger partial charge < -0.3 is 5.32 Å². The molecule has 1 saturated carbocycles. The number of rotatable bonds is 4. The lowest BCUT2D eigenvalue weighted by Crippen LogP contribution is -2.28. The molecule has 3 aromatic heterocycles. The molecule has 1 amide bonds. The van der Waals surface area contributed by atoms with Crippen LogP contribution < -0.4 is 5.32 Å². The molecule has 0 aliphatic heterocycles. The molecule has 0 atom stereocenters. The Kier molecular flexibility index (Phi) is 5.73. The van der Waals surface area contributed by atoms with Gasteiger partial charge >= 0.3 is 6.18 Å². The van der Waals surface area contributed by atoms with Crippen molar-refractivity contribution in [3.63, 3.8) is 0 Å². The van der Waals surface area contributed by atoms with Crippen LogP contribution in [-0.4, -0.2) is 31.4 Å². The van der Waals surface area contributed by atoms with Crippen molar-refractivity contribution in [2.75, 3.05) is 5.32 Å². The largest absolute Gasteiger partial charge is 0.417 e. The van der Waals surface area contributed by atoms with Gasteiger partial charge in [0.05, 0.1) is 40.6 Å². The summed E-state index contributed by atoms with van der Waals surface area (Å²) < 4.78 is 54.5. The fourth-order valence-electron chi connectivity index (χ4n) is 3.66. The molecule has 1 N–H and O–H groups in total. The molecular weight excluding hydrogens is 442 g/mol. The van der Waals surface area contributed by atoms with Crippen molar-refractivity contribution in [1.82, 2.24) is 19.7 Å². The maximum atomic E-state index is 15.1. The van der Waals surface area contributed by atoms with Crippen molar-refractivity contribution < 1.29 is 27.2 Å². The van der Waals surface area contributed by atoms with Gasteiger partial charge in [0.15, 0.2) is 11.5 Å². The second kappa shape index (κ2) is 8.38. The van der Waals surface area contributed by atoms with Crippen LogP contribution in [0.1, 0.15) is 53.0 Å². The maximum absolute atomic E-state index is 15.1. The van der Waals surface area contributed by atoms with Crippen LogP contribution >= 0.6 is 0 Å². The smallest absolute Gasteiger partial charge is 0.320 e. The number of Topliss-reactive ketones (excluding diaryl/α,β-unsaturated/α-hetero) is 1. The predicted octanol–water partition coefficient (Wildman–Crippen LogP) is 4.55. The van der Waals surface area contributed by atoms with E-state index in [4.69, 9.17) is 0 Å². The number of hydrogen-bond donors (Lipinski definition) is 1. The second-order valence-electron chi connectivity index (χ2n) is 7.85. The van der Waals surface area contributed by atoms with Crippen LogP contribution in [0.4, 0.5) is 23.2 Å². The van der Waals surface area contributed by atoms with Gasteiger partial charge in [-0.2, -0.15) is 18.3 Å². The minimum Gasteiger partial charge on any atom is -0.320 e. The molecule has 11 heteroatoms. The number of anilines is 1. The summed E-state index contributed by atoms with van der Waals surface area (Å²) in [6.07, 6.45) is -0.675.